The number of nitrogens with one attached hydrogen (secondary N) is 2. The minimum absolute atomic E-state index is 0.174. The van der Waals surface area contributed by atoms with Gasteiger partial charge in [0.25, 0.3) is 5.91 Å². The maximum absolute atomic E-state index is 12.9. The first kappa shape index (κ1) is 31.9. The molecule has 3 aromatic rings. The number of hydrogen-bond acceptors (Lipinski definition) is 9. The molecule has 222 valence electrons. The zero-order valence-electron chi connectivity index (χ0n) is 23.7. The first-order chi connectivity index (χ1) is 20.3. The number of rotatable bonds is 14. The van der Waals surface area contributed by atoms with Crippen LogP contribution in [0, 0.1) is 0 Å². The molecule has 11 nitrogen and oxygen atoms in total. The van der Waals surface area contributed by atoms with E-state index in [9.17, 15) is 14.4 Å². The average Bonchev–Trinajstić information content (AvgIpc) is 2.99. The van der Waals surface area contributed by atoms with Crippen LogP contribution >= 0.6 is 15.9 Å². The molecule has 2 N–H and O–H groups in total. The Kier molecular flexibility index (Phi) is 12.2. The highest BCUT2D eigenvalue weighted by Gasteiger charge is 2.20. The Bertz CT molecular complexity index is 1420. The van der Waals surface area contributed by atoms with E-state index in [0.29, 0.717) is 58.2 Å². The standard InChI is InChI=1S/C30H32BrN3O8/c1-5-41-24-15-19(18-33-34-27(35)11-8-14-32-29(36)21-9-6-7-10-22(21)31)12-13-23(24)42-30(37)20-16-25(38-2)28(40-4)26(17-20)39-3/h6-7,9-10,12-13,15-18H,5,8,11,14H2,1-4H3,(H,32,36)(H,34,35)/b33-18+. The fourth-order valence-corrected chi connectivity index (χ4v) is 4.21. The Morgan fingerprint density at radius 1 is 0.905 bits per heavy atom. The Morgan fingerprint density at radius 3 is 2.26 bits per heavy atom. The van der Waals surface area contributed by atoms with Gasteiger partial charge in [0, 0.05) is 17.4 Å². The van der Waals surface area contributed by atoms with Crippen LogP contribution < -0.4 is 34.4 Å². The van der Waals surface area contributed by atoms with Gasteiger partial charge in [-0.15, -0.1) is 0 Å². The van der Waals surface area contributed by atoms with Crippen molar-refractivity contribution in [2.24, 2.45) is 5.10 Å². The van der Waals surface area contributed by atoms with Gasteiger partial charge in [-0.1, -0.05) is 12.1 Å². The van der Waals surface area contributed by atoms with Crippen molar-refractivity contribution in [3.63, 3.8) is 0 Å². The van der Waals surface area contributed by atoms with Gasteiger partial charge in [-0.05, 0) is 77.3 Å². The lowest BCUT2D eigenvalue weighted by molar-refractivity contribution is -0.121. The van der Waals surface area contributed by atoms with E-state index >= 15 is 0 Å². The summed E-state index contributed by atoms with van der Waals surface area (Å²) >= 11 is 3.34. The van der Waals surface area contributed by atoms with Gasteiger partial charge in [0.1, 0.15) is 0 Å². The molecule has 0 atom stereocenters. The van der Waals surface area contributed by atoms with Crippen LogP contribution in [0.4, 0.5) is 0 Å². The quantitative estimate of drug-likeness (QED) is 0.0847. The summed E-state index contributed by atoms with van der Waals surface area (Å²) in [6.07, 6.45) is 2.06. The van der Waals surface area contributed by atoms with Gasteiger partial charge in [0.05, 0.1) is 45.3 Å². The third kappa shape index (κ3) is 8.71. The van der Waals surface area contributed by atoms with Crippen molar-refractivity contribution < 1.29 is 38.1 Å². The van der Waals surface area contributed by atoms with Crippen LogP contribution in [0.25, 0.3) is 0 Å². The van der Waals surface area contributed by atoms with Crippen LogP contribution in [0.1, 0.15) is 46.0 Å². The third-order valence-electron chi connectivity index (χ3n) is 5.76. The molecule has 0 heterocycles. The second kappa shape index (κ2) is 16.0. The number of nitrogens with zero attached hydrogens (tertiary/aromatic N) is 1. The summed E-state index contributed by atoms with van der Waals surface area (Å²) in [5.74, 6) is 0.309. The molecule has 0 saturated heterocycles. The molecule has 12 heteroatoms. The number of amides is 2. The highest BCUT2D eigenvalue weighted by Crippen LogP contribution is 2.39. The Hall–Kier alpha value is -4.58. The molecule has 42 heavy (non-hydrogen) atoms. The molecule has 0 radical (unpaired) electrons. The zero-order valence-corrected chi connectivity index (χ0v) is 25.3. The number of carbonyl (C=O) groups is 3. The SMILES string of the molecule is CCOc1cc(/C=N/NC(=O)CCCNC(=O)c2ccccc2Br)ccc1OC(=O)c1cc(OC)c(OC)c(OC)c1. The number of halogens is 1. The summed E-state index contributed by atoms with van der Waals surface area (Å²) in [6.45, 7) is 2.46. The predicted octanol–water partition coefficient (Wildman–Crippen LogP) is 4.75. The van der Waals surface area contributed by atoms with Crippen LogP contribution in [-0.4, -0.2) is 58.5 Å². The molecule has 0 bridgehead atoms. The van der Waals surface area contributed by atoms with Gasteiger partial charge in [-0.25, -0.2) is 10.2 Å². The summed E-state index contributed by atoms with van der Waals surface area (Å²) in [5, 5.41) is 6.77. The molecule has 0 fully saturated rings. The molecule has 2 amide bonds. The fourth-order valence-electron chi connectivity index (χ4n) is 3.74. The summed E-state index contributed by atoms with van der Waals surface area (Å²) in [5.41, 5.74) is 3.78. The van der Waals surface area contributed by atoms with Crippen LogP contribution in [-0.2, 0) is 4.79 Å². The molecule has 0 unspecified atom stereocenters. The van der Waals surface area contributed by atoms with Crippen molar-refractivity contribution in [2.75, 3.05) is 34.5 Å². The van der Waals surface area contributed by atoms with Crippen molar-refractivity contribution in [3.8, 4) is 28.7 Å². The van der Waals surface area contributed by atoms with Crippen molar-refractivity contribution in [3.05, 3.63) is 75.8 Å². The maximum atomic E-state index is 12.9. The van der Waals surface area contributed by atoms with E-state index in [1.54, 1.807) is 43.3 Å². The molecule has 0 aliphatic rings. The van der Waals surface area contributed by atoms with E-state index in [0.717, 1.165) is 0 Å². The van der Waals surface area contributed by atoms with Crippen molar-refractivity contribution in [1.82, 2.24) is 10.7 Å². The van der Waals surface area contributed by atoms with E-state index in [4.69, 9.17) is 23.7 Å². The van der Waals surface area contributed by atoms with Gasteiger partial charge in [0.2, 0.25) is 11.7 Å². The van der Waals surface area contributed by atoms with Crippen LogP contribution in [0.2, 0.25) is 0 Å². The number of carbonyl (C=O) groups excluding carboxylic acids is 3. The maximum Gasteiger partial charge on any atom is 0.343 e. The normalized spacial score (nSPS) is 10.6. The monoisotopic (exact) mass is 641 g/mol. The lowest BCUT2D eigenvalue weighted by atomic mass is 10.1. The second-order valence-electron chi connectivity index (χ2n) is 8.58. The van der Waals surface area contributed by atoms with Gasteiger partial charge in [0.15, 0.2) is 23.0 Å². The van der Waals surface area contributed by atoms with Crippen molar-refractivity contribution in [2.45, 2.75) is 19.8 Å². The summed E-state index contributed by atoms with van der Waals surface area (Å²) < 4.78 is 27.9. The second-order valence-corrected chi connectivity index (χ2v) is 9.43. The molecule has 3 rings (SSSR count). The van der Waals surface area contributed by atoms with Gasteiger partial charge >= 0.3 is 5.97 Å². The number of hydrazone groups is 1. The molecule has 0 aliphatic carbocycles. The van der Waals surface area contributed by atoms with Gasteiger partial charge in [-0.3, -0.25) is 9.59 Å². The van der Waals surface area contributed by atoms with Crippen LogP contribution in [0.15, 0.2) is 64.2 Å². The zero-order chi connectivity index (χ0) is 30.5. The lowest BCUT2D eigenvalue weighted by Gasteiger charge is -2.15. The number of benzene rings is 3. The van der Waals surface area contributed by atoms with Gasteiger partial charge in [-0.2, -0.15) is 5.10 Å². The van der Waals surface area contributed by atoms with Crippen molar-refractivity contribution >= 4 is 39.9 Å². The van der Waals surface area contributed by atoms with E-state index in [1.165, 1.54) is 39.7 Å². The molecule has 0 aliphatic heterocycles. The molecule has 0 spiro atoms. The number of ether oxygens (including phenoxy) is 5. The Balaban J connectivity index is 1.56. The summed E-state index contributed by atoms with van der Waals surface area (Å²) in [7, 11) is 4.37. The van der Waals surface area contributed by atoms with E-state index in [1.807, 2.05) is 6.07 Å². The minimum atomic E-state index is -0.656. The summed E-state index contributed by atoms with van der Waals surface area (Å²) in [6, 6.07) is 14.9. The largest absolute Gasteiger partial charge is 0.493 e. The Morgan fingerprint density at radius 2 is 1.62 bits per heavy atom. The highest BCUT2D eigenvalue weighted by atomic mass is 79.9. The third-order valence-corrected chi connectivity index (χ3v) is 6.45. The van der Waals surface area contributed by atoms with E-state index < -0.39 is 5.97 Å². The molecular weight excluding hydrogens is 610 g/mol. The number of methoxy groups -OCH3 is 3. The van der Waals surface area contributed by atoms with Gasteiger partial charge < -0.3 is 29.0 Å². The molecule has 0 saturated carbocycles. The van der Waals surface area contributed by atoms with Crippen LogP contribution in [0.5, 0.6) is 28.7 Å². The minimum Gasteiger partial charge on any atom is -0.493 e. The highest BCUT2D eigenvalue weighted by molar-refractivity contribution is 9.10. The predicted molar refractivity (Wildman–Crippen MR) is 160 cm³/mol. The average molecular weight is 643 g/mol. The molecule has 0 aromatic heterocycles. The fraction of sp³-hybridized carbons (Fsp3) is 0.267. The van der Waals surface area contributed by atoms with Crippen molar-refractivity contribution in [1.29, 1.82) is 0 Å². The number of hydrogen-bond donors (Lipinski definition) is 2. The first-order valence-corrected chi connectivity index (χ1v) is 13.7. The first-order valence-electron chi connectivity index (χ1n) is 12.9. The van der Waals surface area contributed by atoms with E-state index in [-0.39, 0.29) is 29.5 Å². The topological polar surface area (TPSA) is 134 Å². The molecule has 3 aromatic carbocycles. The smallest absolute Gasteiger partial charge is 0.343 e. The lowest BCUT2D eigenvalue weighted by Crippen LogP contribution is -2.26. The molecular formula is C30H32BrN3O8. The number of esters is 1. The van der Waals surface area contributed by atoms with E-state index in [2.05, 4.69) is 31.8 Å². The Labute approximate surface area is 252 Å². The summed E-state index contributed by atoms with van der Waals surface area (Å²) in [4.78, 5) is 37.3. The van der Waals surface area contributed by atoms with Crippen LogP contribution in [0.3, 0.4) is 0 Å².